The van der Waals surface area contributed by atoms with Gasteiger partial charge in [0.05, 0.1) is 6.54 Å². The molecule has 0 aliphatic carbocycles. The second-order valence-corrected chi connectivity index (χ2v) is 6.51. The van der Waals surface area contributed by atoms with Crippen LogP contribution in [0.2, 0.25) is 0 Å². The Bertz CT molecular complexity index is 499. The third kappa shape index (κ3) is 8.27. The monoisotopic (exact) mass is 460 g/mol. The Kier molecular flexibility index (Phi) is 10.9. The molecule has 0 aromatic heterocycles. The van der Waals surface area contributed by atoms with Crippen molar-refractivity contribution in [1.82, 2.24) is 5.32 Å². The van der Waals surface area contributed by atoms with Gasteiger partial charge in [-0.2, -0.15) is 0 Å². The van der Waals surface area contributed by atoms with Crippen molar-refractivity contribution < 1.29 is 4.74 Å². The highest BCUT2D eigenvalue weighted by Gasteiger charge is 2.15. The molecular weight excluding hydrogens is 427 g/mol. The van der Waals surface area contributed by atoms with Gasteiger partial charge in [0.2, 0.25) is 0 Å². The van der Waals surface area contributed by atoms with E-state index < -0.39 is 0 Å². The number of anilines is 1. The molecular formula is C19H33IN4O. The van der Waals surface area contributed by atoms with Gasteiger partial charge in [0.15, 0.2) is 5.96 Å². The number of aliphatic imine (C=N–C) groups is 1. The van der Waals surface area contributed by atoms with Crippen molar-refractivity contribution >= 4 is 35.6 Å². The number of ether oxygens (including phenoxy) is 1. The van der Waals surface area contributed by atoms with Crippen LogP contribution in [-0.2, 0) is 11.3 Å². The maximum atomic E-state index is 5.89. The second kappa shape index (κ2) is 12.4. The Balaban J connectivity index is 0.00000312. The van der Waals surface area contributed by atoms with E-state index in [2.05, 4.69) is 46.4 Å². The summed E-state index contributed by atoms with van der Waals surface area (Å²) in [6.07, 6.45) is 3.52. The molecule has 0 unspecified atom stereocenters. The van der Waals surface area contributed by atoms with Crippen LogP contribution in [0.1, 0.15) is 38.7 Å². The van der Waals surface area contributed by atoms with Crippen molar-refractivity contribution in [2.45, 2.75) is 39.7 Å². The van der Waals surface area contributed by atoms with Gasteiger partial charge in [-0.05, 0) is 49.8 Å². The van der Waals surface area contributed by atoms with E-state index in [-0.39, 0.29) is 24.0 Å². The average molecular weight is 460 g/mol. The highest BCUT2D eigenvalue weighted by atomic mass is 127. The maximum absolute atomic E-state index is 5.89. The van der Waals surface area contributed by atoms with E-state index in [4.69, 9.17) is 10.5 Å². The second-order valence-electron chi connectivity index (χ2n) is 6.51. The minimum absolute atomic E-state index is 0. The lowest BCUT2D eigenvalue weighted by Crippen LogP contribution is -2.33. The van der Waals surface area contributed by atoms with Gasteiger partial charge in [-0.3, -0.25) is 0 Å². The van der Waals surface area contributed by atoms with E-state index >= 15 is 0 Å². The fourth-order valence-electron chi connectivity index (χ4n) is 2.85. The molecule has 1 fully saturated rings. The first-order valence-electron chi connectivity index (χ1n) is 9.14. The van der Waals surface area contributed by atoms with Crippen LogP contribution in [0.4, 0.5) is 5.69 Å². The van der Waals surface area contributed by atoms with Crippen molar-refractivity contribution in [3.63, 3.8) is 0 Å². The Morgan fingerprint density at radius 3 is 2.60 bits per heavy atom. The summed E-state index contributed by atoms with van der Waals surface area (Å²) in [5.41, 5.74) is 8.39. The lowest BCUT2D eigenvalue weighted by Gasteiger charge is -2.32. The molecule has 1 aliphatic rings. The highest BCUT2D eigenvalue weighted by Crippen LogP contribution is 2.23. The topological polar surface area (TPSA) is 62.9 Å². The molecule has 1 saturated heterocycles. The van der Waals surface area contributed by atoms with Crippen LogP contribution < -0.4 is 16.0 Å². The summed E-state index contributed by atoms with van der Waals surface area (Å²) in [5.74, 6) is 1.36. The Morgan fingerprint density at radius 1 is 1.28 bits per heavy atom. The summed E-state index contributed by atoms with van der Waals surface area (Å²) in [6.45, 7) is 9.59. The zero-order valence-electron chi connectivity index (χ0n) is 15.5. The Morgan fingerprint density at radius 2 is 1.96 bits per heavy atom. The first-order chi connectivity index (χ1) is 11.7. The van der Waals surface area contributed by atoms with Gasteiger partial charge in [0.1, 0.15) is 0 Å². The largest absolute Gasteiger partial charge is 0.382 e. The first kappa shape index (κ1) is 22.0. The molecule has 0 amide bonds. The van der Waals surface area contributed by atoms with Gasteiger partial charge in [-0.15, -0.1) is 24.0 Å². The summed E-state index contributed by atoms with van der Waals surface area (Å²) in [6, 6.07) is 8.71. The van der Waals surface area contributed by atoms with Gasteiger partial charge in [0.25, 0.3) is 0 Å². The minimum Gasteiger partial charge on any atom is -0.382 e. The maximum Gasteiger partial charge on any atom is 0.188 e. The zero-order valence-corrected chi connectivity index (χ0v) is 17.9. The smallest absolute Gasteiger partial charge is 0.188 e. The molecule has 1 aromatic rings. The number of benzene rings is 1. The standard InChI is InChI=1S/C19H32N4O.HI/c1-3-24-14-4-11-21-19(20)22-15-17-5-7-18(8-6-17)23-12-9-16(2)10-13-23;/h5-8,16H,3-4,9-15H2,1-2H3,(H3,20,21,22);1H. The molecule has 1 heterocycles. The van der Waals surface area contributed by atoms with Gasteiger partial charge in [0, 0.05) is 38.5 Å². The normalized spacial score (nSPS) is 15.8. The molecule has 0 bridgehead atoms. The molecule has 0 radical (unpaired) electrons. The van der Waals surface area contributed by atoms with Crippen LogP contribution in [0.15, 0.2) is 29.3 Å². The van der Waals surface area contributed by atoms with Crippen molar-refractivity contribution in [1.29, 1.82) is 0 Å². The van der Waals surface area contributed by atoms with Crippen LogP contribution in [-0.4, -0.2) is 38.8 Å². The van der Waals surface area contributed by atoms with Gasteiger partial charge in [-0.1, -0.05) is 19.1 Å². The first-order valence-corrected chi connectivity index (χ1v) is 9.14. The molecule has 5 nitrogen and oxygen atoms in total. The summed E-state index contributed by atoms with van der Waals surface area (Å²) < 4.78 is 5.29. The molecule has 142 valence electrons. The fourth-order valence-corrected chi connectivity index (χ4v) is 2.85. The fraction of sp³-hybridized carbons (Fsp3) is 0.632. The van der Waals surface area contributed by atoms with Gasteiger partial charge in [-0.25, -0.2) is 4.99 Å². The molecule has 0 spiro atoms. The van der Waals surface area contributed by atoms with E-state index in [0.717, 1.165) is 45.2 Å². The van der Waals surface area contributed by atoms with Crippen molar-refractivity contribution in [2.75, 3.05) is 37.7 Å². The SMILES string of the molecule is CCOCCCNC(N)=NCc1ccc(N2CCC(C)CC2)cc1.I. The van der Waals surface area contributed by atoms with Crippen molar-refractivity contribution in [2.24, 2.45) is 16.6 Å². The molecule has 2 rings (SSSR count). The van der Waals surface area contributed by atoms with E-state index in [1.807, 2.05) is 6.92 Å². The van der Waals surface area contributed by atoms with E-state index in [0.29, 0.717) is 12.5 Å². The van der Waals surface area contributed by atoms with Crippen LogP contribution >= 0.6 is 24.0 Å². The lowest BCUT2D eigenvalue weighted by molar-refractivity contribution is 0.145. The number of hydrogen-bond donors (Lipinski definition) is 2. The minimum atomic E-state index is 0. The summed E-state index contributed by atoms with van der Waals surface area (Å²) >= 11 is 0. The molecule has 0 saturated carbocycles. The number of hydrogen-bond acceptors (Lipinski definition) is 3. The van der Waals surface area contributed by atoms with Crippen LogP contribution in [0.25, 0.3) is 0 Å². The molecule has 3 N–H and O–H groups in total. The zero-order chi connectivity index (χ0) is 17.2. The highest BCUT2D eigenvalue weighted by molar-refractivity contribution is 14.0. The van der Waals surface area contributed by atoms with Crippen molar-refractivity contribution in [3.8, 4) is 0 Å². The lowest BCUT2D eigenvalue weighted by atomic mass is 9.99. The average Bonchev–Trinajstić information content (AvgIpc) is 2.61. The number of guanidine groups is 1. The molecule has 25 heavy (non-hydrogen) atoms. The predicted octanol–water partition coefficient (Wildman–Crippen LogP) is 3.37. The van der Waals surface area contributed by atoms with Crippen molar-refractivity contribution in [3.05, 3.63) is 29.8 Å². The summed E-state index contributed by atoms with van der Waals surface area (Å²) in [7, 11) is 0. The number of halogens is 1. The number of piperidine rings is 1. The Hall–Kier alpha value is -1.02. The molecule has 1 aliphatic heterocycles. The number of rotatable bonds is 8. The van der Waals surface area contributed by atoms with Gasteiger partial charge >= 0.3 is 0 Å². The number of nitrogens with two attached hydrogens (primary N) is 1. The molecule has 0 atom stereocenters. The van der Waals surface area contributed by atoms with E-state index in [1.54, 1.807) is 0 Å². The van der Waals surface area contributed by atoms with Crippen LogP contribution in [0.3, 0.4) is 0 Å². The third-order valence-corrected chi connectivity index (χ3v) is 4.49. The summed E-state index contributed by atoms with van der Waals surface area (Å²) in [4.78, 5) is 6.87. The third-order valence-electron chi connectivity index (χ3n) is 4.49. The van der Waals surface area contributed by atoms with Gasteiger partial charge < -0.3 is 20.7 Å². The van der Waals surface area contributed by atoms with E-state index in [1.165, 1.54) is 24.1 Å². The predicted molar refractivity (Wildman–Crippen MR) is 117 cm³/mol. The molecule has 6 heteroatoms. The van der Waals surface area contributed by atoms with E-state index in [9.17, 15) is 0 Å². The van der Waals surface area contributed by atoms with Crippen LogP contribution in [0.5, 0.6) is 0 Å². The number of nitrogens with zero attached hydrogens (tertiary/aromatic N) is 2. The number of nitrogens with one attached hydrogen (secondary N) is 1. The molecule has 1 aromatic carbocycles. The quantitative estimate of drug-likeness (QED) is 0.270. The Labute approximate surface area is 169 Å². The summed E-state index contributed by atoms with van der Waals surface area (Å²) in [5, 5.41) is 3.12. The van der Waals surface area contributed by atoms with Crippen LogP contribution in [0, 0.1) is 5.92 Å².